The van der Waals surface area contributed by atoms with Crippen molar-refractivity contribution in [3.05, 3.63) is 65.0 Å². The van der Waals surface area contributed by atoms with Crippen molar-refractivity contribution in [3.63, 3.8) is 0 Å². The molecule has 5 heteroatoms. The Morgan fingerprint density at radius 1 is 1.00 bits per heavy atom. The van der Waals surface area contributed by atoms with Crippen molar-refractivity contribution in [2.75, 3.05) is 7.11 Å². The van der Waals surface area contributed by atoms with Crippen molar-refractivity contribution < 1.29 is 17.9 Å². The Labute approximate surface area is 108 Å². The molecule has 0 spiro atoms. The van der Waals surface area contributed by atoms with Gasteiger partial charge in [-0.2, -0.15) is 0 Å². The molecule has 0 amide bonds. The fourth-order valence-corrected chi connectivity index (χ4v) is 1.83. The van der Waals surface area contributed by atoms with Gasteiger partial charge in [0.2, 0.25) is 0 Å². The Hall–Kier alpha value is -2.01. The van der Waals surface area contributed by atoms with Crippen LogP contribution in [0.1, 0.15) is 17.2 Å². The summed E-state index contributed by atoms with van der Waals surface area (Å²) >= 11 is 0. The zero-order valence-corrected chi connectivity index (χ0v) is 10.2. The van der Waals surface area contributed by atoms with Gasteiger partial charge in [-0.1, -0.05) is 12.1 Å². The summed E-state index contributed by atoms with van der Waals surface area (Å²) in [5.41, 5.74) is 5.97. The van der Waals surface area contributed by atoms with Gasteiger partial charge in [0.1, 0.15) is 23.2 Å². The van der Waals surface area contributed by atoms with Crippen molar-refractivity contribution in [2.45, 2.75) is 6.04 Å². The maximum atomic E-state index is 13.6. The summed E-state index contributed by atoms with van der Waals surface area (Å²) in [6.45, 7) is 0. The van der Waals surface area contributed by atoms with E-state index in [2.05, 4.69) is 0 Å². The van der Waals surface area contributed by atoms with Gasteiger partial charge in [-0.25, -0.2) is 13.2 Å². The summed E-state index contributed by atoms with van der Waals surface area (Å²) in [4.78, 5) is 0. The van der Waals surface area contributed by atoms with Crippen LogP contribution >= 0.6 is 0 Å². The Morgan fingerprint density at radius 3 is 2.00 bits per heavy atom. The van der Waals surface area contributed by atoms with Gasteiger partial charge < -0.3 is 10.5 Å². The number of hydrogen-bond donors (Lipinski definition) is 1. The summed E-state index contributed by atoms with van der Waals surface area (Å²) in [7, 11) is 1.51. The molecule has 1 atom stereocenters. The Morgan fingerprint density at radius 2 is 1.53 bits per heavy atom. The third kappa shape index (κ3) is 2.71. The molecule has 0 aromatic heterocycles. The highest BCUT2D eigenvalue weighted by atomic mass is 19.1. The highest BCUT2D eigenvalue weighted by Gasteiger charge is 2.19. The summed E-state index contributed by atoms with van der Waals surface area (Å²) in [6, 6.07) is 6.69. The molecule has 2 aromatic rings. The molecule has 0 aliphatic heterocycles. The molecule has 0 radical (unpaired) electrons. The number of benzene rings is 2. The lowest BCUT2D eigenvalue weighted by Gasteiger charge is -2.15. The standard InChI is InChI=1S/C14H12F3NO/c1-19-10-4-2-8(3-5-10)14(18)13-11(16)6-9(15)7-12(13)17/h2-7,14H,18H2,1H3. The highest BCUT2D eigenvalue weighted by Crippen LogP contribution is 2.26. The lowest BCUT2D eigenvalue weighted by atomic mass is 9.98. The number of ether oxygens (including phenoxy) is 1. The summed E-state index contributed by atoms with van der Waals surface area (Å²) in [5.74, 6) is -2.36. The van der Waals surface area contributed by atoms with E-state index in [-0.39, 0.29) is 5.56 Å². The van der Waals surface area contributed by atoms with Crippen molar-refractivity contribution in [3.8, 4) is 5.75 Å². The first kappa shape index (κ1) is 13.4. The average molecular weight is 267 g/mol. The summed E-state index contributed by atoms with van der Waals surface area (Å²) in [5, 5.41) is 0. The maximum Gasteiger partial charge on any atom is 0.134 e. The largest absolute Gasteiger partial charge is 0.497 e. The first-order chi connectivity index (χ1) is 9.02. The van der Waals surface area contributed by atoms with Crippen LogP contribution in [0.25, 0.3) is 0 Å². The van der Waals surface area contributed by atoms with Crippen molar-refractivity contribution >= 4 is 0 Å². The van der Waals surface area contributed by atoms with E-state index in [0.29, 0.717) is 23.4 Å². The van der Waals surface area contributed by atoms with Gasteiger partial charge in [-0.3, -0.25) is 0 Å². The van der Waals surface area contributed by atoms with Gasteiger partial charge in [0.25, 0.3) is 0 Å². The SMILES string of the molecule is COc1ccc(C(N)c2c(F)cc(F)cc2F)cc1. The molecular weight excluding hydrogens is 255 g/mol. The fourth-order valence-electron chi connectivity index (χ4n) is 1.83. The first-order valence-corrected chi connectivity index (χ1v) is 5.57. The van der Waals surface area contributed by atoms with E-state index in [1.165, 1.54) is 7.11 Å². The van der Waals surface area contributed by atoms with E-state index in [1.54, 1.807) is 24.3 Å². The molecule has 0 saturated heterocycles. The topological polar surface area (TPSA) is 35.2 Å². The van der Waals surface area contributed by atoms with E-state index in [0.717, 1.165) is 0 Å². The molecule has 0 aliphatic rings. The smallest absolute Gasteiger partial charge is 0.134 e. The molecule has 0 aliphatic carbocycles. The van der Waals surface area contributed by atoms with Crippen molar-refractivity contribution in [1.29, 1.82) is 0 Å². The van der Waals surface area contributed by atoms with E-state index in [1.807, 2.05) is 0 Å². The third-order valence-corrected chi connectivity index (χ3v) is 2.83. The van der Waals surface area contributed by atoms with Crippen LogP contribution in [0.3, 0.4) is 0 Å². The maximum absolute atomic E-state index is 13.6. The minimum atomic E-state index is -1.01. The average Bonchev–Trinajstić information content (AvgIpc) is 2.37. The molecule has 100 valence electrons. The molecule has 0 fully saturated rings. The van der Waals surface area contributed by atoms with Gasteiger partial charge in [-0.15, -0.1) is 0 Å². The Bertz CT molecular complexity index is 561. The zero-order chi connectivity index (χ0) is 14.0. The fraction of sp³-hybridized carbons (Fsp3) is 0.143. The van der Waals surface area contributed by atoms with Crippen LogP contribution in [0.5, 0.6) is 5.75 Å². The Kier molecular flexibility index (Phi) is 3.76. The third-order valence-electron chi connectivity index (χ3n) is 2.83. The van der Waals surface area contributed by atoms with Gasteiger partial charge in [0.15, 0.2) is 0 Å². The van der Waals surface area contributed by atoms with Crippen LogP contribution < -0.4 is 10.5 Å². The second kappa shape index (κ2) is 5.32. The number of hydrogen-bond acceptors (Lipinski definition) is 2. The van der Waals surface area contributed by atoms with Crippen LogP contribution in [-0.4, -0.2) is 7.11 Å². The van der Waals surface area contributed by atoms with Gasteiger partial charge in [-0.05, 0) is 17.7 Å². The predicted molar refractivity (Wildman–Crippen MR) is 65.3 cm³/mol. The Balaban J connectivity index is 2.40. The monoisotopic (exact) mass is 267 g/mol. The molecule has 0 saturated carbocycles. The number of rotatable bonds is 3. The molecule has 2 N–H and O–H groups in total. The first-order valence-electron chi connectivity index (χ1n) is 5.57. The molecule has 19 heavy (non-hydrogen) atoms. The van der Waals surface area contributed by atoms with E-state index in [4.69, 9.17) is 10.5 Å². The lowest BCUT2D eigenvalue weighted by Crippen LogP contribution is -2.16. The highest BCUT2D eigenvalue weighted by molar-refractivity contribution is 5.36. The van der Waals surface area contributed by atoms with Gasteiger partial charge in [0, 0.05) is 17.7 Å². The second-order valence-electron chi connectivity index (χ2n) is 4.03. The van der Waals surface area contributed by atoms with Crippen LogP contribution in [0.15, 0.2) is 36.4 Å². The quantitative estimate of drug-likeness (QED) is 0.927. The normalized spacial score (nSPS) is 12.3. The summed E-state index contributed by atoms with van der Waals surface area (Å²) < 4.78 is 45.0. The van der Waals surface area contributed by atoms with Crippen molar-refractivity contribution in [2.24, 2.45) is 5.73 Å². The van der Waals surface area contributed by atoms with Crippen LogP contribution in [0.4, 0.5) is 13.2 Å². The molecule has 0 heterocycles. The number of methoxy groups -OCH3 is 1. The molecule has 2 nitrogen and oxygen atoms in total. The molecule has 0 bridgehead atoms. The number of nitrogens with two attached hydrogens (primary N) is 1. The van der Waals surface area contributed by atoms with Crippen molar-refractivity contribution in [1.82, 2.24) is 0 Å². The van der Waals surface area contributed by atoms with Gasteiger partial charge in [0.05, 0.1) is 13.2 Å². The van der Waals surface area contributed by atoms with Crippen LogP contribution in [-0.2, 0) is 0 Å². The predicted octanol–water partition coefficient (Wildman–Crippen LogP) is 3.16. The van der Waals surface area contributed by atoms with Crippen LogP contribution in [0.2, 0.25) is 0 Å². The van der Waals surface area contributed by atoms with Gasteiger partial charge >= 0.3 is 0 Å². The van der Waals surface area contributed by atoms with E-state index >= 15 is 0 Å². The summed E-state index contributed by atoms with van der Waals surface area (Å²) in [6.07, 6.45) is 0. The molecular formula is C14H12F3NO. The minimum Gasteiger partial charge on any atom is -0.497 e. The molecule has 2 rings (SSSR count). The minimum absolute atomic E-state index is 0.355. The van der Waals surface area contributed by atoms with Crippen LogP contribution in [0, 0.1) is 17.5 Å². The second-order valence-corrected chi connectivity index (χ2v) is 4.03. The van der Waals surface area contributed by atoms with E-state index < -0.39 is 23.5 Å². The lowest BCUT2D eigenvalue weighted by molar-refractivity contribution is 0.414. The van der Waals surface area contributed by atoms with E-state index in [9.17, 15) is 13.2 Å². The number of halogens is 3. The zero-order valence-electron chi connectivity index (χ0n) is 10.2. The molecule has 2 aromatic carbocycles. The molecule has 1 unspecified atom stereocenters.